The molecule has 2 aromatic heterocycles. The van der Waals surface area contributed by atoms with Gasteiger partial charge in [0.15, 0.2) is 0 Å². The van der Waals surface area contributed by atoms with Crippen molar-refractivity contribution in [1.29, 1.82) is 0 Å². The highest BCUT2D eigenvalue weighted by atomic mass is 79.9. The van der Waals surface area contributed by atoms with Crippen LogP contribution in [-0.2, 0) is 10.0 Å². The lowest BCUT2D eigenvalue weighted by Crippen LogP contribution is -2.12. The fraction of sp³-hybridized carbons (Fsp3) is 0.0769. The number of nitrogens with zero attached hydrogens (tertiary/aromatic N) is 2. The average Bonchev–Trinajstić information content (AvgIpc) is 3.10. The van der Waals surface area contributed by atoms with Gasteiger partial charge >= 0.3 is 0 Å². The van der Waals surface area contributed by atoms with E-state index >= 15 is 0 Å². The molecule has 0 fully saturated rings. The average molecular weight is 418 g/mol. The Kier molecular flexibility index (Phi) is 4.21. The van der Waals surface area contributed by atoms with Crippen molar-refractivity contribution in [3.63, 3.8) is 0 Å². The van der Waals surface area contributed by atoms with Crippen LogP contribution in [0.5, 0.6) is 0 Å². The molecule has 23 heavy (non-hydrogen) atoms. The van der Waals surface area contributed by atoms with Crippen LogP contribution in [0.15, 0.2) is 42.7 Å². The van der Waals surface area contributed by atoms with Crippen molar-refractivity contribution in [1.82, 2.24) is 10.2 Å². The minimum Gasteiger partial charge on any atom is -0.421 e. The number of halogens is 2. The van der Waals surface area contributed by atoms with Crippen molar-refractivity contribution in [3.8, 4) is 11.5 Å². The van der Waals surface area contributed by atoms with Crippen LogP contribution in [0.1, 0.15) is 5.89 Å². The molecule has 10 heteroatoms. The first-order chi connectivity index (χ1) is 10.8. The Morgan fingerprint density at radius 1 is 1.30 bits per heavy atom. The molecule has 0 saturated heterocycles. The van der Waals surface area contributed by atoms with Crippen LogP contribution >= 0.6 is 27.3 Å². The van der Waals surface area contributed by atoms with Crippen LogP contribution < -0.4 is 4.72 Å². The van der Waals surface area contributed by atoms with Crippen molar-refractivity contribution in [2.45, 2.75) is 11.1 Å². The summed E-state index contributed by atoms with van der Waals surface area (Å²) in [6.07, 6.45) is 0. The molecule has 0 atom stereocenters. The summed E-state index contributed by atoms with van der Waals surface area (Å²) in [7, 11) is -3.91. The number of rotatable bonds is 4. The van der Waals surface area contributed by atoms with Crippen LogP contribution in [0.4, 0.5) is 10.1 Å². The number of benzene rings is 1. The molecular formula is C13H9BrFN3O3S2. The van der Waals surface area contributed by atoms with Crippen molar-refractivity contribution in [2.75, 3.05) is 4.72 Å². The van der Waals surface area contributed by atoms with Crippen LogP contribution in [0, 0.1) is 12.7 Å². The number of hydrogen-bond donors (Lipinski definition) is 1. The molecule has 2 heterocycles. The Bertz CT molecular complexity index is 969. The maximum absolute atomic E-state index is 13.8. The summed E-state index contributed by atoms with van der Waals surface area (Å²) in [5, 5.41) is 9.10. The smallest absolute Gasteiger partial charge is 0.271 e. The lowest BCUT2D eigenvalue weighted by atomic mass is 10.3. The largest absolute Gasteiger partial charge is 0.421 e. The number of anilines is 1. The standard InChI is InChI=1S/C13H9BrFN3O3S2/c1-7-16-17-13(21-7)8-4-12(22-6-8)23(19,20)18-11-3-2-9(14)5-10(11)15/h2-6,18H,1H3. The van der Waals surface area contributed by atoms with Gasteiger partial charge in [0.1, 0.15) is 10.0 Å². The summed E-state index contributed by atoms with van der Waals surface area (Å²) in [6.45, 7) is 1.64. The van der Waals surface area contributed by atoms with E-state index in [1.54, 1.807) is 18.4 Å². The predicted octanol–water partition coefficient (Wildman–Crippen LogP) is 3.81. The van der Waals surface area contributed by atoms with Gasteiger partial charge in [0.25, 0.3) is 10.0 Å². The number of aromatic nitrogens is 2. The lowest BCUT2D eigenvalue weighted by molar-refractivity contribution is 0.533. The summed E-state index contributed by atoms with van der Waals surface area (Å²) in [5.74, 6) is -0.0621. The maximum atomic E-state index is 13.8. The predicted molar refractivity (Wildman–Crippen MR) is 87.3 cm³/mol. The maximum Gasteiger partial charge on any atom is 0.271 e. The molecule has 6 nitrogen and oxygen atoms in total. The van der Waals surface area contributed by atoms with Crippen molar-refractivity contribution in [3.05, 3.63) is 45.8 Å². The first kappa shape index (κ1) is 16.1. The lowest BCUT2D eigenvalue weighted by Gasteiger charge is -2.07. The fourth-order valence-corrected chi connectivity index (χ4v) is 4.30. The Morgan fingerprint density at radius 3 is 2.74 bits per heavy atom. The molecule has 0 amide bonds. The van der Waals surface area contributed by atoms with E-state index in [2.05, 4.69) is 30.8 Å². The van der Waals surface area contributed by atoms with Gasteiger partial charge in [0, 0.05) is 16.8 Å². The molecule has 0 aliphatic heterocycles. The molecule has 3 aromatic rings. The highest BCUT2D eigenvalue weighted by Crippen LogP contribution is 2.30. The second-order valence-corrected chi connectivity index (χ2v) is 8.25. The highest BCUT2D eigenvalue weighted by molar-refractivity contribution is 9.10. The van der Waals surface area contributed by atoms with Crippen LogP contribution in [0.25, 0.3) is 11.5 Å². The molecule has 3 rings (SSSR count). The van der Waals surface area contributed by atoms with E-state index in [0.717, 1.165) is 11.3 Å². The van der Waals surface area contributed by atoms with Crippen LogP contribution in [0.3, 0.4) is 0 Å². The Hall–Kier alpha value is -1.78. The number of hydrogen-bond acceptors (Lipinski definition) is 6. The second-order valence-electron chi connectivity index (χ2n) is 4.51. The SMILES string of the molecule is Cc1nnc(-c2csc(S(=O)(=O)Nc3ccc(Br)cc3F)c2)o1. The third-order valence-electron chi connectivity index (χ3n) is 2.79. The van der Waals surface area contributed by atoms with E-state index in [1.807, 2.05) is 0 Å². The summed E-state index contributed by atoms with van der Waals surface area (Å²) >= 11 is 4.09. The molecule has 0 radical (unpaired) electrons. The monoisotopic (exact) mass is 417 g/mol. The van der Waals surface area contributed by atoms with Gasteiger partial charge in [-0.05, 0) is 24.3 Å². The van der Waals surface area contributed by atoms with Crippen LogP contribution in [-0.4, -0.2) is 18.6 Å². The third-order valence-corrected chi connectivity index (χ3v) is 6.09. The fourth-order valence-electron chi connectivity index (χ4n) is 1.75. The van der Waals surface area contributed by atoms with Crippen LogP contribution in [0.2, 0.25) is 0 Å². The quantitative estimate of drug-likeness (QED) is 0.697. The molecule has 0 bridgehead atoms. The first-order valence-corrected chi connectivity index (χ1v) is 9.37. The molecule has 0 aliphatic carbocycles. The first-order valence-electron chi connectivity index (χ1n) is 6.22. The zero-order valence-corrected chi connectivity index (χ0v) is 14.8. The summed E-state index contributed by atoms with van der Waals surface area (Å²) in [4.78, 5) is 0. The molecule has 0 saturated carbocycles. The van der Waals surface area contributed by atoms with E-state index in [4.69, 9.17) is 4.42 Å². The minimum atomic E-state index is -3.91. The summed E-state index contributed by atoms with van der Waals surface area (Å²) in [5.41, 5.74) is 0.365. The van der Waals surface area contributed by atoms with E-state index in [1.165, 1.54) is 18.2 Å². The van der Waals surface area contributed by atoms with Gasteiger partial charge in [-0.2, -0.15) is 0 Å². The number of aryl methyl sites for hydroxylation is 1. The van der Waals surface area contributed by atoms with Crippen molar-refractivity contribution in [2.24, 2.45) is 0 Å². The Labute approximate surface area is 143 Å². The highest BCUT2D eigenvalue weighted by Gasteiger charge is 2.20. The zero-order valence-electron chi connectivity index (χ0n) is 11.6. The molecule has 0 spiro atoms. The van der Waals surface area contributed by atoms with Gasteiger partial charge in [-0.15, -0.1) is 21.5 Å². The Balaban J connectivity index is 1.89. The molecule has 1 N–H and O–H groups in total. The van der Waals surface area contributed by atoms with Gasteiger partial charge in [-0.25, -0.2) is 12.8 Å². The van der Waals surface area contributed by atoms with E-state index in [0.29, 0.717) is 15.9 Å². The molecule has 120 valence electrons. The Morgan fingerprint density at radius 2 is 2.09 bits per heavy atom. The van der Waals surface area contributed by atoms with Crippen molar-refractivity contribution < 1.29 is 17.2 Å². The normalized spacial score (nSPS) is 11.6. The number of nitrogens with one attached hydrogen (secondary N) is 1. The summed E-state index contributed by atoms with van der Waals surface area (Å²) < 4.78 is 46.5. The molecule has 1 aromatic carbocycles. The van der Waals surface area contributed by atoms with E-state index in [-0.39, 0.29) is 15.8 Å². The van der Waals surface area contributed by atoms with Gasteiger partial charge in [0.05, 0.1) is 11.3 Å². The van der Waals surface area contributed by atoms with Gasteiger partial charge in [-0.1, -0.05) is 15.9 Å². The van der Waals surface area contributed by atoms with E-state index in [9.17, 15) is 12.8 Å². The van der Waals surface area contributed by atoms with Gasteiger partial charge in [-0.3, -0.25) is 4.72 Å². The second kappa shape index (κ2) is 6.02. The topological polar surface area (TPSA) is 85.1 Å². The number of thiophene rings is 1. The van der Waals surface area contributed by atoms with E-state index < -0.39 is 15.8 Å². The molecular weight excluding hydrogens is 409 g/mol. The summed E-state index contributed by atoms with van der Waals surface area (Å²) in [6, 6.07) is 5.46. The third kappa shape index (κ3) is 3.43. The van der Waals surface area contributed by atoms with Crippen molar-refractivity contribution >= 4 is 43.0 Å². The van der Waals surface area contributed by atoms with Gasteiger partial charge < -0.3 is 4.42 Å². The zero-order chi connectivity index (χ0) is 16.6. The minimum absolute atomic E-state index is 0.0191. The molecule has 0 aliphatic rings. The number of sulfonamides is 1. The van der Waals surface area contributed by atoms with Gasteiger partial charge in [0.2, 0.25) is 11.8 Å². The molecule has 0 unspecified atom stereocenters.